The number of nitrogens with two attached hydrogens (primary N) is 1. The lowest BCUT2D eigenvalue weighted by atomic mass is 10.1. The van der Waals surface area contributed by atoms with E-state index in [4.69, 9.17) is 5.73 Å². The Kier molecular flexibility index (Phi) is 4.80. The average Bonchev–Trinajstić information content (AvgIpc) is 3.22. The second-order valence-corrected chi connectivity index (χ2v) is 7.52. The topological polar surface area (TPSA) is 97.8 Å². The summed E-state index contributed by atoms with van der Waals surface area (Å²) in [4.78, 5) is 10.4. The zero-order valence-corrected chi connectivity index (χ0v) is 16.8. The van der Waals surface area contributed by atoms with Gasteiger partial charge in [0.15, 0.2) is 5.82 Å². The highest BCUT2D eigenvalue weighted by Gasteiger charge is 2.39. The first-order valence-corrected chi connectivity index (χ1v) is 9.96. The SMILES string of the molecule is Nc1nccc2cc(NCc3ccnc(N4CCn5c(nnc5C(F)(F)F)C4)c3)ccc12. The number of nitrogens with zero attached hydrogens (tertiary/aromatic N) is 6. The Morgan fingerprint density at radius 3 is 2.69 bits per heavy atom. The molecule has 3 N–H and O–H groups in total. The second kappa shape index (κ2) is 7.66. The predicted octanol–water partition coefficient (Wildman–Crippen LogP) is 3.45. The summed E-state index contributed by atoms with van der Waals surface area (Å²) in [6, 6.07) is 11.6. The number of hydrogen-bond acceptors (Lipinski definition) is 7. The monoisotopic (exact) mass is 440 g/mol. The molecule has 0 amide bonds. The highest BCUT2D eigenvalue weighted by molar-refractivity contribution is 5.92. The summed E-state index contributed by atoms with van der Waals surface area (Å²) < 4.78 is 40.3. The molecule has 0 unspecified atom stereocenters. The van der Waals surface area contributed by atoms with Crippen molar-refractivity contribution < 1.29 is 13.2 Å². The molecule has 1 aromatic carbocycles. The summed E-state index contributed by atoms with van der Waals surface area (Å²) in [5.74, 6) is 0.502. The van der Waals surface area contributed by atoms with Gasteiger partial charge in [0, 0.05) is 43.1 Å². The van der Waals surface area contributed by atoms with E-state index >= 15 is 0 Å². The summed E-state index contributed by atoms with van der Waals surface area (Å²) in [5, 5.41) is 12.3. The Bertz CT molecular complexity index is 1280. The number of nitrogen functional groups attached to an aromatic ring is 1. The van der Waals surface area contributed by atoms with E-state index in [0.29, 0.717) is 24.7 Å². The first-order chi connectivity index (χ1) is 15.4. The molecule has 4 aromatic rings. The molecule has 8 nitrogen and oxygen atoms in total. The van der Waals surface area contributed by atoms with Crippen LogP contribution in [0.25, 0.3) is 10.8 Å². The number of alkyl halides is 3. The lowest BCUT2D eigenvalue weighted by Crippen LogP contribution is -2.35. The van der Waals surface area contributed by atoms with Crippen LogP contribution in [0.5, 0.6) is 0 Å². The zero-order chi connectivity index (χ0) is 22.3. The van der Waals surface area contributed by atoms with Crippen LogP contribution in [0.4, 0.5) is 30.5 Å². The van der Waals surface area contributed by atoms with Crippen molar-refractivity contribution >= 4 is 28.1 Å². The minimum Gasteiger partial charge on any atom is -0.383 e. The van der Waals surface area contributed by atoms with Crippen LogP contribution < -0.4 is 16.0 Å². The number of anilines is 3. The van der Waals surface area contributed by atoms with Gasteiger partial charge >= 0.3 is 6.18 Å². The summed E-state index contributed by atoms with van der Waals surface area (Å²) in [6.45, 7) is 1.31. The predicted molar refractivity (Wildman–Crippen MR) is 114 cm³/mol. The van der Waals surface area contributed by atoms with E-state index in [1.54, 1.807) is 12.4 Å². The van der Waals surface area contributed by atoms with Gasteiger partial charge in [-0.05, 0) is 47.3 Å². The third-order valence-corrected chi connectivity index (χ3v) is 5.43. The number of pyridine rings is 2. The number of fused-ring (bicyclic) bond motifs is 2. The fourth-order valence-corrected chi connectivity index (χ4v) is 3.82. The maximum Gasteiger partial charge on any atom is 0.451 e. The van der Waals surface area contributed by atoms with Gasteiger partial charge in [-0.25, -0.2) is 9.97 Å². The van der Waals surface area contributed by atoms with Crippen LogP contribution in [-0.4, -0.2) is 31.3 Å². The number of benzene rings is 1. The van der Waals surface area contributed by atoms with Crippen molar-refractivity contribution in [3.63, 3.8) is 0 Å². The van der Waals surface area contributed by atoms with Crippen molar-refractivity contribution in [3.05, 3.63) is 66.0 Å². The highest BCUT2D eigenvalue weighted by Crippen LogP contribution is 2.30. The average molecular weight is 440 g/mol. The van der Waals surface area contributed by atoms with Crippen LogP contribution in [0.1, 0.15) is 17.2 Å². The van der Waals surface area contributed by atoms with Gasteiger partial charge in [-0.3, -0.25) is 0 Å². The van der Waals surface area contributed by atoms with Gasteiger partial charge in [0.25, 0.3) is 0 Å². The van der Waals surface area contributed by atoms with Crippen molar-refractivity contribution in [2.75, 3.05) is 22.5 Å². The van der Waals surface area contributed by atoms with Gasteiger partial charge in [-0.2, -0.15) is 13.2 Å². The van der Waals surface area contributed by atoms with E-state index in [9.17, 15) is 13.2 Å². The smallest absolute Gasteiger partial charge is 0.383 e. The summed E-state index contributed by atoms with van der Waals surface area (Å²) in [6.07, 6.45) is -1.14. The van der Waals surface area contributed by atoms with Crippen LogP contribution in [0.3, 0.4) is 0 Å². The number of nitrogens with one attached hydrogen (secondary N) is 1. The maximum absolute atomic E-state index is 13.0. The molecule has 0 saturated heterocycles. The van der Waals surface area contributed by atoms with Crippen LogP contribution in [0, 0.1) is 0 Å². The first kappa shape index (κ1) is 20.0. The Hall–Kier alpha value is -3.89. The van der Waals surface area contributed by atoms with Crippen molar-refractivity contribution in [1.82, 2.24) is 24.7 Å². The molecular weight excluding hydrogens is 421 g/mol. The van der Waals surface area contributed by atoms with E-state index in [-0.39, 0.29) is 18.9 Å². The van der Waals surface area contributed by atoms with Crippen molar-refractivity contribution in [1.29, 1.82) is 0 Å². The summed E-state index contributed by atoms with van der Waals surface area (Å²) >= 11 is 0. The minimum atomic E-state index is -4.51. The van der Waals surface area contributed by atoms with Crippen LogP contribution in [-0.2, 0) is 25.8 Å². The fraction of sp³-hybridized carbons (Fsp3) is 0.238. The standard InChI is InChI=1S/C21H19F3N8/c22-21(23,24)20-30-29-18-12-31(7-8-32(18)20)17-9-13(3-5-26-17)11-28-15-1-2-16-14(10-15)4-6-27-19(16)25/h1-6,9-10,28H,7-8,11-12H2,(H2,25,27). The molecule has 0 spiro atoms. The quantitative estimate of drug-likeness (QED) is 0.502. The lowest BCUT2D eigenvalue weighted by molar-refractivity contribution is -0.147. The van der Waals surface area contributed by atoms with Crippen molar-refractivity contribution in [3.8, 4) is 0 Å². The fourth-order valence-electron chi connectivity index (χ4n) is 3.82. The molecule has 32 heavy (non-hydrogen) atoms. The van der Waals surface area contributed by atoms with Crippen LogP contribution >= 0.6 is 0 Å². The van der Waals surface area contributed by atoms with Crippen molar-refractivity contribution in [2.45, 2.75) is 25.8 Å². The Balaban J connectivity index is 1.30. The van der Waals surface area contributed by atoms with E-state index in [2.05, 4.69) is 25.5 Å². The van der Waals surface area contributed by atoms with Gasteiger partial charge < -0.3 is 20.5 Å². The van der Waals surface area contributed by atoms with E-state index in [1.165, 1.54) is 0 Å². The van der Waals surface area contributed by atoms with Gasteiger partial charge in [0.05, 0.1) is 6.54 Å². The van der Waals surface area contributed by atoms with E-state index < -0.39 is 12.0 Å². The molecule has 0 atom stereocenters. The molecule has 11 heteroatoms. The van der Waals surface area contributed by atoms with Crippen LogP contribution in [0.15, 0.2) is 48.8 Å². The van der Waals surface area contributed by atoms with E-state index in [1.807, 2.05) is 41.3 Å². The molecule has 1 aliphatic rings. The Morgan fingerprint density at radius 2 is 1.84 bits per heavy atom. The molecule has 0 fully saturated rings. The highest BCUT2D eigenvalue weighted by atomic mass is 19.4. The molecule has 0 radical (unpaired) electrons. The van der Waals surface area contributed by atoms with Gasteiger partial charge in [-0.1, -0.05) is 0 Å². The molecule has 5 rings (SSSR count). The molecule has 0 bridgehead atoms. The molecule has 0 aliphatic carbocycles. The molecule has 4 heterocycles. The van der Waals surface area contributed by atoms with Crippen molar-refractivity contribution in [2.24, 2.45) is 0 Å². The minimum absolute atomic E-state index is 0.149. The first-order valence-electron chi connectivity index (χ1n) is 9.96. The normalized spacial score (nSPS) is 13.9. The van der Waals surface area contributed by atoms with Crippen LogP contribution in [0.2, 0.25) is 0 Å². The van der Waals surface area contributed by atoms with Gasteiger partial charge in [0.2, 0.25) is 5.82 Å². The lowest BCUT2D eigenvalue weighted by Gasteiger charge is -2.29. The molecule has 1 aliphatic heterocycles. The number of rotatable bonds is 4. The largest absolute Gasteiger partial charge is 0.451 e. The maximum atomic E-state index is 13.0. The summed E-state index contributed by atoms with van der Waals surface area (Å²) in [5.41, 5.74) is 7.83. The third kappa shape index (κ3) is 3.77. The molecule has 3 aromatic heterocycles. The van der Waals surface area contributed by atoms with Gasteiger partial charge in [0.1, 0.15) is 11.6 Å². The second-order valence-electron chi connectivity index (χ2n) is 7.52. The molecule has 0 saturated carbocycles. The van der Waals surface area contributed by atoms with Gasteiger partial charge in [-0.15, -0.1) is 10.2 Å². The zero-order valence-electron chi connectivity index (χ0n) is 16.8. The summed E-state index contributed by atoms with van der Waals surface area (Å²) in [7, 11) is 0. The number of aromatic nitrogens is 5. The van der Waals surface area contributed by atoms with E-state index in [0.717, 1.165) is 26.6 Å². The number of hydrogen-bond donors (Lipinski definition) is 2. The Labute approximate surface area is 180 Å². The Morgan fingerprint density at radius 1 is 1.00 bits per heavy atom. The number of halogens is 3. The molecular formula is C21H19F3N8. The third-order valence-electron chi connectivity index (χ3n) is 5.43. The molecule has 164 valence electrons.